The van der Waals surface area contributed by atoms with E-state index in [9.17, 15) is 22.2 Å². The monoisotopic (exact) mass is 388 g/mol. The summed E-state index contributed by atoms with van der Waals surface area (Å²) in [5.74, 6) is -0.769. The van der Waals surface area contributed by atoms with E-state index < -0.39 is 27.4 Å². The number of hydrogen-bond donors (Lipinski definition) is 0. The number of benzene rings is 1. The van der Waals surface area contributed by atoms with Crippen LogP contribution in [-0.2, 0) is 20.7 Å². The number of halogens is 3. The number of aryl methyl sites for hydroxylation is 1. The highest BCUT2D eigenvalue weighted by Crippen LogP contribution is 2.29. The van der Waals surface area contributed by atoms with Gasteiger partial charge < -0.3 is 0 Å². The van der Waals surface area contributed by atoms with Gasteiger partial charge in [0.05, 0.1) is 26.1 Å². The highest BCUT2D eigenvalue weighted by molar-refractivity contribution is 8.00. The smallest absolute Gasteiger partial charge is 0.271 e. The van der Waals surface area contributed by atoms with Crippen LogP contribution in [0, 0.1) is 6.92 Å². The van der Waals surface area contributed by atoms with E-state index in [1.807, 2.05) is 6.92 Å². The van der Waals surface area contributed by atoms with Crippen LogP contribution in [0.15, 0.2) is 56.9 Å². The van der Waals surface area contributed by atoms with Crippen molar-refractivity contribution in [2.45, 2.75) is 23.0 Å². The lowest BCUT2D eigenvalue weighted by Gasteiger charge is -2.06. The van der Waals surface area contributed by atoms with Crippen molar-refractivity contribution >= 4 is 27.4 Å². The Kier molecular flexibility index (Phi) is 5.89. The minimum Gasteiger partial charge on any atom is -0.271 e. The van der Waals surface area contributed by atoms with E-state index in [0.29, 0.717) is 11.1 Å². The molecule has 0 aliphatic heterocycles. The Hall–Kier alpha value is -1.87. The lowest BCUT2D eigenvalue weighted by atomic mass is 10.2. The summed E-state index contributed by atoms with van der Waals surface area (Å²) in [6.07, 6.45) is -2.38. The fourth-order valence-electron chi connectivity index (χ4n) is 1.83. The van der Waals surface area contributed by atoms with E-state index in [2.05, 4.69) is 9.35 Å². The molecule has 2 aromatic rings. The molecule has 1 amide bonds. The van der Waals surface area contributed by atoms with Crippen molar-refractivity contribution in [3.8, 4) is 0 Å². The highest BCUT2D eigenvalue weighted by Gasteiger charge is 2.30. The lowest BCUT2D eigenvalue weighted by molar-refractivity contribution is -0.137. The Morgan fingerprint density at radius 1 is 1.20 bits per heavy atom. The van der Waals surface area contributed by atoms with Gasteiger partial charge in [0.2, 0.25) is 0 Å². The van der Waals surface area contributed by atoms with Crippen molar-refractivity contribution in [2.24, 2.45) is 4.36 Å². The molecule has 4 nitrogen and oxygen atoms in total. The first-order chi connectivity index (χ1) is 11.6. The van der Waals surface area contributed by atoms with Gasteiger partial charge in [-0.1, -0.05) is 29.5 Å². The van der Waals surface area contributed by atoms with Crippen LogP contribution < -0.4 is 0 Å². The molecule has 25 heavy (non-hydrogen) atoms. The zero-order valence-electron chi connectivity index (χ0n) is 13.4. The normalized spacial score (nSPS) is 14.0. The largest absolute Gasteiger partial charge is 0.417 e. The van der Waals surface area contributed by atoms with E-state index >= 15 is 0 Å². The molecule has 0 saturated carbocycles. The molecule has 2 rings (SSSR count). The van der Waals surface area contributed by atoms with Gasteiger partial charge in [0.25, 0.3) is 5.91 Å². The Morgan fingerprint density at radius 2 is 1.84 bits per heavy atom. The minimum atomic E-state index is -4.46. The topological polar surface area (TPSA) is 59.4 Å². The maximum atomic E-state index is 12.5. The molecule has 134 valence electrons. The van der Waals surface area contributed by atoms with Crippen LogP contribution in [-0.4, -0.2) is 27.1 Å². The fourth-order valence-corrected chi connectivity index (χ4v) is 3.74. The SMILES string of the molecule is Cc1ccc([S@@](C)(=O)=NC(=O)CSc2ccc(C(F)(F)F)cn2)cc1. The van der Waals surface area contributed by atoms with Gasteiger partial charge in [0.1, 0.15) is 0 Å². The summed E-state index contributed by atoms with van der Waals surface area (Å²) in [4.78, 5) is 16.0. The third-order valence-electron chi connectivity index (χ3n) is 3.14. The summed E-state index contributed by atoms with van der Waals surface area (Å²) in [7, 11) is -2.86. The summed E-state index contributed by atoms with van der Waals surface area (Å²) in [6.45, 7) is 1.89. The molecule has 0 aliphatic carbocycles. The Bertz CT molecular complexity index is 870. The van der Waals surface area contributed by atoms with Gasteiger partial charge >= 0.3 is 6.18 Å². The average Bonchev–Trinajstić information content (AvgIpc) is 2.52. The Balaban J connectivity index is 2.04. The quantitative estimate of drug-likeness (QED) is 0.737. The molecule has 0 saturated heterocycles. The molecular formula is C16H15F3N2O2S2. The molecule has 1 aromatic carbocycles. The number of rotatable bonds is 4. The van der Waals surface area contributed by atoms with E-state index in [1.54, 1.807) is 24.3 Å². The second-order valence-electron chi connectivity index (χ2n) is 5.27. The van der Waals surface area contributed by atoms with Crippen LogP contribution in [0.4, 0.5) is 13.2 Å². The Labute approximate surface area is 148 Å². The first-order valence-electron chi connectivity index (χ1n) is 7.06. The van der Waals surface area contributed by atoms with Crippen LogP contribution in [0.3, 0.4) is 0 Å². The third-order valence-corrected chi connectivity index (χ3v) is 5.77. The minimum absolute atomic E-state index is 0.158. The van der Waals surface area contributed by atoms with Crippen molar-refractivity contribution in [3.05, 3.63) is 53.7 Å². The van der Waals surface area contributed by atoms with Gasteiger partial charge in [-0.25, -0.2) is 9.19 Å². The molecule has 1 heterocycles. The highest BCUT2D eigenvalue weighted by atomic mass is 32.2. The van der Waals surface area contributed by atoms with Gasteiger partial charge in [0, 0.05) is 17.3 Å². The summed E-state index contributed by atoms with van der Waals surface area (Å²) in [5, 5.41) is 0.259. The maximum Gasteiger partial charge on any atom is 0.417 e. The summed E-state index contributed by atoms with van der Waals surface area (Å²) in [6, 6.07) is 8.94. The van der Waals surface area contributed by atoms with Crippen LogP contribution in [0.5, 0.6) is 0 Å². The predicted octanol–water partition coefficient (Wildman–Crippen LogP) is 4.18. The molecule has 1 aromatic heterocycles. The second-order valence-corrected chi connectivity index (χ2v) is 8.53. The summed E-state index contributed by atoms with van der Waals surface area (Å²) >= 11 is 0.939. The number of thioether (sulfide) groups is 1. The predicted molar refractivity (Wildman–Crippen MR) is 90.9 cm³/mol. The van der Waals surface area contributed by atoms with Gasteiger partial charge in [-0.15, -0.1) is 0 Å². The molecule has 9 heteroatoms. The molecule has 0 radical (unpaired) electrons. The standard InChI is InChI=1S/C16H15F3N2O2S2/c1-11-3-6-13(7-4-11)25(2,23)21-14(22)10-24-15-8-5-12(9-20-15)16(17,18)19/h3-9H,10H2,1-2H3/t25-/m1/s1. The number of hydrogen-bond acceptors (Lipinski definition) is 4. The van der Waals surface area contributed by atoms with E-state index in [0.717, 1.165) is 23.4 Å². The van der Waals surface area contributed by atoms with Crippen LogP contribution in [0.2, 0.25) is 0 Å². The number of carbonyl (C=O) groups excluding carboxylic acids is 1. The molecule has 0 bridgehead atoms. The van der Waals surface area contributed by atoms with E-state index in [1.165, 1.54) is 12.3 Å². The second kappa shape index (κ2) is 7.57. The lowest BCUT2D eigenvalue weighted by Crippen LogP contribution is -2.06. The molecule has 1 atom stereocenters. The van der Waals surface area contributed by atoms with Crippen molar-refractivity contribution < 1.29 is 22.2 Å². The average molecular weight is 388 g/mol. The van der Waals surface area contributed by atoms with Gasteiger partial charge in [-0.3, -0.25) is 4.79 Å². The van der Waals surface area contributed by atoms with Crippen molar-refractivity contribution in [2.75, 3.05) is 12.0 Å². The van der Waals surface area contributed by atoms with Crippen molar-refractivity contribution in [1.82, 2.24) is 4.98 Å². The van der Waals surface area contributed by atoms with Crippen LogP contribution in [0.25, 0.3) is 0 Å². The fraction of sp³-hybridized carbons (Fsp3) is 0.250. The van der Waals surface area contributed by atoms with Crippen molar-refractivity contribution in [1.29, 1.82) is 0 Å². The number of pyridine rings is 1. The van der Waals surface area contributed by atoms with Crippen LogP contribution >= 0.6 is 11.8 Å². The number of amides is 1. The zero-order chi connectivity index (χ0) is 18.7. The van der Waals surface area contributed by atoms with Crippen molar-refractivity contribution in [3.63, 3.8) is 0 Å². The summed E-state index contributed by atoms with van der Waals surface area (Å²) < 4.78 is 53.7. The maximum absolute atomic E-state index is 12.5. The van der Waals surface area contributed by atoms with Gasteiger partial charge in [0.15, 0.2) is 0 Å². The number of alkyl halides is 3. The third kappa shape index (κ3) is 5.57. The molecular weight excluding hydrogens is 373 g/mol. The first kappa shape index (κ1) is 19.5. The van der Waals surface area contributed by atoms with E-state index in [-0.39, 0.29) is 10.8 Å². The molecule has 0 aliphatic rings. The van der Waals surface area contributed by atoms with E-state index in [4.69, 9.17) is 0 Å². The molecule has 0 unspecified atom stereocenters. The van der Waals surface area contributed by atoms with Crippen LogP contribution in [0.1, 0.15) is 11.1 Å². The Morgan fingerprint density at radius 3 is 2.36 bits per heavy atom. The number of aromatic nitrogens is 1. The zero-order valence-corrected chi connectivity index (χ0v) is 15.0. The number of carbonyl (C=O) groups is 1. The number of nitrogens with zero attached hydrogens (tertiary/aromatic N) is 2. The summed E-state index contributed by atoms with van der Waals surface area (Å²) in [5.41, 5.74) is 0.137. The van der Waals surface area contributed by atoms with Gasteiger partial charge in [-0.2, -0.15) is 17.5 Å². The molecule has 0 fully saturated rings. The van der Waals surface area contributed by atoms with Gasteiger partial charge in [-0.05, 0) is 31.2 Å². The first-order valence-corrected chi connectivity index (χ1v) is 9.96. The molecule has 0 N–H and O–H groups in total. The molecule has 0 spiro atoms.